The smallest absolute Gasteiger partial charge is 0.221 e. The van der Waals surface area contributed by atoms with Crippen LogP contribution in [0, 0.1) is 5.41 Å². The molecule has 1 fully saturated rings. The third-order valence-corrected chi connectivity index (χ3v) is 2.72. The number of carbonyl (C=O) groups is 1. The lowest BCUT2D eigenvalue weighted by Gasteiger charge is -2.09. The van der Waals surface area contributed by atoms with Crippen molar-refractivity contribution in [3.05, 3.63) is 0 Å². The molecule has 12 heavy (non-hydrogen) atoms. The van der Waals surface area contributed by atoms with Crippen molar-refractivity contribution >= 4 is 22.8 Å². The van der Waals surface area contributed by atoms with Gasteiger partial charge in [-0.15, -0.1) is 0 Å². The normalized spacial score (nSPS) is 24.3. The standard InChI is InChI=1S/C7H13N3OS/c8-7(9)12-5-2-1-3-10-6(11)4-5/h5H,1-4H2,(H3,8,9)(H,10,11). The van der Waals surface area contributed by atoms with Crippen molar-refractivity contribution in [3.63, 3.8) is 0 Å². The van der Waals surface area contributed by atoms with Crippen LogP contribution < -0.4 is 11.1 Å². The van der Waals surface area contributed by atoms with Gasteiger partial charge in [0.25, 0.3) is 0 Å². The van der Waals surface area contributed by atoms with Crippen LogP contribution in [0.2, 0.25) is 0 Å². The zero-order valence-corrected chi connectivity index (χ0v) is 7.62. The molecular formula is C7H13N3OS. The van der Waals surface area contributed by atoms with Crippen molar-refractivity contribution in [3.8, 4) is 0 Å². The Morgan fingerprint density at radius 1 is 1.75 bits per heavy atom. The maximum Gasteiger partial charge on any atom is 0.221 e. The summed E-state index contributed by atoms with van der Waals surface area (Å²) in [4.78, 5) is 11.0. The molecule has 0 radical (unpaired) electrons. The highest BCUT2D eigenvalue weighted by Gasteiger charge is 2.18. The predicted molar refractivity (Wildman–Crippen MR) is 50.2 cm³/mol. The summed E-state index contributed by atoms with van der Waals surface area (Å²) in [6.45, 7) is 0.758. The molecule has 1 aliphatic heterocycles. The van der Waals surface area contributed by atoms with E-state index in [-0.39, 0.29) is 16.3 Å². The highest BCUT2D eigenvalue weighted by molar-refractivity contribution is 8.14. The molecule has 1 unspecified atom stereocenters. The largest absolute Gasteiger partial charge is 0.379 e. The fourth-order valence-electron chi connectivity index (χ4n) is 1.22. The van der Waals surface area contributed by atoms with E-state index in [2.05, 4.69) is 5.32 Å². The summed E-state index contributed by atoms with van der Waals surface area (Å²) in [7, 11) is 0. The molecule has 5 heteroatoms. The summed E-state index contributed by atoms with van der Waals surface area (Å²) in [5.74, 6) is 0.0752. The van der Waals surface area contributed by atoms with E-state index < -0.39 is 0 Å². The van der Waals surface area contributed by atoms with E-state index in [1.54, 1.807) is 0 Å². The predicted octanol–water partition coefficient (Wildman–Crippen LogP) is 0.282. The van der Waals surface area contributed by atoms with E-state index in [1.807, 2.05) is 0 Å². The highest BCUT2D eigenvalue weighted by Crippen LogP contribution is 2.20. The van der Waals surface area contributed by atoms with Gasteiger partial charge in [0.1, 0.15) is 0 Å². The average molecular weight is 187 g/mol. The Morgan fingerprint density at radius 3 is 3.17 bits per heavy atom. The molecule has 1 heterocycles. The summed E-state index contributed by atoms with van der Waals surface area (Å²) in [6.07, 6.45) is 2.43. The number of rotatable bonds is 1. The van der Waals surface area contributed by atoms with E-state index in [1.165, 1.54) is 11.8 Å². The number of hydrogen-bond donors (Lipinski definition) is 3. The SMILES string of the molecule is N=C(N)SC1CCCNC(=O)C1. The molecule has 0 aliphatic carbocycles. The van der Waals surface area contributed by atoms with Gasteiger partial charge in [0.05, 0.1) is 0 Å². The van der Waals surface area contributed by atoms with Gasteiger partial charge in [-0.3, -0.25) is 10.2 Å². The minimum Gasteiger partial charge on any atom is -0.379 e. The number of carbonyl (C=O) groups excluding carboxylic acids is 1. The van der Waals surface area contributed by atoms with Crippen LogP contribution in [0.1, 0.15) is 19.3 Å². The third-order valence-electron chi connectivity index (χ3n) is 1.73. The molecule has 1 amide bonds. The van der Waals surface area contributed by atoms with E-state index in [0.717, 1.165) is 19.4 Å². The lowest BCUT2D eigenvalue weighted by Crippen LogP contribution is -2.23. The van der Waals surface area contributed by atoms with Gasteiger partial charge < -0.3 is 11.1 Å². The van der Waals surface area contributed by atoms with E-state index in [4.69, 9.17) is 11.1 Å². The number of amides is 1. The van der Waals surface area contributed by atoms with Gasteiger partial charge in [-0.2, -0.15) is 0 Å². The van der Waals surface area contributed by atoms with Crippen LogP contribution in [-0.2, 0) is 4.79 Å². The maximum atomic E-state index is 11.0. The highest BCUT2D eigenvalue weighted by atomic mass is 32.2. The molecule has 68 valence electrons. The third kappa shape index (κ3) is 3.13. The number of thioether (sulfide) groups is 1. The van der Waals surface area contributed by atoms with Gasteiger partial charge in [0.15, 0.2) is 5.17 Å². The van der Waals surface area contributed by atoms with Gasteiger partial charge in [0, 0.05) is 18.2 Å². The zero-order chi connectivity index (χ0) is 8.97. The maximum absolute atomic E-state index is 11.0. The molecule has 4 N–H and O–H groups in total. The zero-order valence-electron chi connectivity index (χ0n) is 6.80. The molecule has 1 atom stereocenters. The molecule has 1 aliphatic rings. The lowest BCUT2D eigenvalue weighted by atomic mass is 10.2. The summed E-state index contributed by atoms with van der Waals surface area (Å²) < 4.78 is 0. The second kappa shape index (κ2) is 4.35. The fourth-order valence-corrected chi connectivity index (χ4v) is 2.10. The Kier molecular flexibility index (Phi) is 3.40. The number of nitrogens with two attached hydrogens (primary N) is 1. The van der Waals surface area contributed by atoms with Gasteiger partial charge in [-0.1, -0.05) is 11.8 Å². The van der Waals surface area contributed by atoms with Crippen molar-refractivity contribution in [2.24, 2.45) is 5.73 Å². The molecule has 0 aromatic rings. The molecule has 0 bridgehead atoms. The van der Waals surface area contributed by atoms with Crippen molar-refractivity contribution < 1.29 is 4.79 Å². The Bertz CT molecular complexity index is 195. The molecule has 0 spiro atoms. The molecule has 0 saturated carbocycles. The Labute approximate surface area is 75.8 Å². The molecule has 0 aromatic carbocycles. The van der Waals surface area contributed by atoms with Gasteiger partial charge >= 0.3 is 0 Å². The minimum atomic E-state index is 0.0752. The average Bonchev–Trinajstić information content (AvgIpc) is 2.12. The summed E-state index contributed by atoms with van der Waals surface area (Å²) in [6, 6.07) is 0. The summed E-state index contributed by atoms with van der Waals surface area (Å²) >= 11 is 1.29. The first-order valence-corrected chi connectivity index (χ1v) is 4.84. The monoisotopic (exact) mass is 187 g/mol. The van der Waals surface area contributed by atoms with E-state index >= 15 is 0 Å². The van der Waals surface area contributed by atoms with E-state index in [9.17, 15) is 4.79 Å². The van der Waals surface area contributed by atoms with Crippen LogP contribution in [0.25, 0.3) is 0 Å². The molecule has 1 rings (SSSR count). The number of amidine groups is 1. The Hall–Kier alpha value is -0.710. The topological polar surface area (TPSA) is 79.0 Å². The van der Waals surface area contributed by atoms with Crippen LogP contribution in [0.3, 0.4) is 0 Å². The molecular weight excluding hydrogens is 174 g/mol. The van der Waals surface area contributed by atoms with Crippen molar-refractivity contribution in [2.75, 3.05) is 6.54 Å². The van der Waals surface area contributed by atoms with Crippen molar-refractivity contribution in [2.45, 2.75) is 24.5 Å². The van der Waals surface area contributed by atoms with Gasteiger partial charge in [-0.05, 0) is 12.8 Å². The van der Waals surface area contributed by atoms with E-state index in [0.29, 0.717) is 6.42 Å². The molecule has 0 aromatic heterocycles. The van der Waals surface area contributed by atoms with Gasteiger partial charge in [0.2, 0.25) is 5.91 Å². The fraction of sp³-hybridized carbons (Fsp3) is 0.714. The second-order valence-electron chi connectivity index (χ2n) is 2.80. The first-order valence-electron chi connectivity index (χ1n) is 3.96. The quantitative estimate of drug-likeness (QED) is 0.407. The summed E-state index contributed by atoms with van der Waals surface area (Å²) in [5.41, 5.74) is 5.23. The van der Waals surface area contributed by atoms with Crippen LogP contribution in [0.15, 0.2) is 0 Å². The number of hydrogen-bond acceptors (Lipinski definition) is 3. The van der Waals surface area contributed by atoms with Crippen molar-refractivity contribution in [1.82, 2.24) is 5.32 Å². The van der Waals surface area contributed by atoms with Crippen LogP contribution in [0.4, 0.5) is 0 Å². The van der Waals surface area contributed by atoms with Crippen LogP contribution in [-0.4, -0.2) is 22.9 Å². The second-order valence-corrected chi connectivity index (χ2v) is 4.14. The molecule has 1 saturated heterocycles. The minimum absolute atomic E-state index is 0.0752. The van der Waals surface area contributed by atoms with Gasteiger partial charge in [-0.25, -0.2) is 0 Å². The van der Waals surface area contributed by atoms with Crippen molar-refractivity contribution in [1.29, 1.82) is 5.41 Å². The first-order chi connectivity index (χ1) is 5.68. The summed E-state index contributed by atoms with van der Waals surface area (Å²) in [5, 5.41) is 10.2. The number of nitrogens with one attached hydrogen (secondary N) is 2. The van der Waals surface area contributed by atoms with Crippen LogP contribution >= 0.6 is 11.8 Å². The Morgan fingerprint density at radius 2 is 2.50 bits per heavy atom. The first kappa shape index (κ1) is 9.38. The Balaban J connectivity index is 2.41. The molecule has 4 nitrogen and oxygen atoms in total. The van der Waals surface area contributed by atoms with Crippen LogP contribution in [0.5, 0.6) is 0 Å². The lowest BCUT2D eigenvalue weighted by molar-refractivity contribution is -0.120.